The first-order chi connectivity index (χ1) is 30.6. The normalized spacial score (nSPS) is 13.3. The molecule has 0 fully saturated rings. The summed E-state index contributed by atoms with van der Waals surface area (Å²) < 4.78 is 17.3. The Morgan fingerprint density at radius 2 is 0.726 bits per heavy atom. The van der Waals surface area contributed by atoms with Crippen LogP contribution in [-0.4, -0.2) is 37.9 Å². The molecule has 0 aromatic rings. The summed E-state index contributed by atoms with van der Waals surface area (Å²) in [5, 5.41) is 0. The van der Waals surface area contributed by atoms with Crippen LogP contribution in [0.15, 0.2) is 122 Å². The van der Waals surface area contributed by atoms with Crippen LogP contribution in [0, 0.1) is 0 Å². The number of carbonyl (C=O) groups excluding carboxylic acids is 2. The Morgan fingerprint density at radius 1 is 0.371 bits per heavy atom. The number of ether oxygens (including phenoxy) is 3. The first kappa shape index (κ1) is 58.3. The van der Waals surface area contributed by atoms with Crippen molar-refractivity contribution in [2.45, 2.75) is 207 Å². The largest absolute Gasteiger partial charge is 0.462 e. The first-order valence-corrected chi connectivity index (χ1v) is 25.1. The van der Waals surface area contributed by atoms with Crippen LogP contribution in [0.5, 0.6) is 0 Å². The summed E-state index contributed by atoms with van der Waals surface area (Å²) in [4.78, 5) is 25.4. The van der Waals surface area contributed by atoms with Crippen molar-refractivity contribution in [1.29, 1.82) is 0 Å². The van der Waals surface area contributed by atoms with E-state index >= 15 is 0 Å². The number of rotatable bonds is 44. The van der Waals surface area contributed by atoms with E-state index in [0.29, 0.717) is 19.4 Å². The molecule has 0 radical (unpaired) electrons. The molecule has 0 aliphatic heterocycles. The summed E-state index contributed by atoms with van der Waals surface area (Å²) >= 11 is 0. The minimum atomic E-state index is -0.586. The van der Waals surface area contributed by atoms with E-state index in [-0.39, 0.29) is 25.2 Å². The highest BCUT2D eigenvalue weighted by Crippen LogP contribution is 2.12. The van der Waals surface area contributed by atoms with Crippen molar-refractivity contribution in [3.8, 4) is 0 Å². The number of allylic oxidation sites excluding steroid dienone is 20. The molecule has 0 aromatic carbocycles. The van der Waals surface area contributed by atoms with Crippen LogP contribution in [0.2, 0.25) is 0 Å². The molecule has 0 saturated carbocycles. The quantitative estimate of drug-likeness (QED) is 0.0347. The number of hydrogen-bond donors (Lipinski definition) is 0. The molecule has 0 saturated heterocycles. The Hall–Kier alpha value is -3.70. The molecule has 0 aliphatic carbocycles. The van der Waals surface area contributed by atoms with Gasteiger partial charge in [0.1, 0.15) is 6.61 Å². The summed E-state index contributed by atoms with van der Waals surface area (Å²) in [6, 6.07) is 0. The summed E-state index contributed by atoms with van der Waals surface area (Å²) in [5.74, 6) is -0.469. The van der Waals surface area contributed by atoms with Crippen molar-refractivity contribution >= 4 is 11.9 Å². The third-order valence-corrected chi connectivity index (χ3v) is 9.94. The van der Waals surface area contributed by atoms with Gasteiger partial charge >= 0.3 is 11.9 Å². The highest BCUT2D eigenvalue weighted by atomic mass is 16.6. The van der Waals surface area contributed by atoms with Gasteiger partial charge in [-0.1, -0.05) is 194 Å². The average molecular weight is 857 g/mol. The Labute approximate surface area is 382 Å². The maximum absolute atomic E-state index is 12.8. The fourth-order valence-corrected chi connectivity index (χ4v) is 6.31. The van der Waals surface area contributed by atoms with Crippen LogP contribution in [0.25, 0.3) is 0 Å². The molecule has 1 atom stereocenters. The second-order valence-electron chi connectivity index (χ2n) is 15.9. The van der Waals surface area contributed by atoms with Crippen molar-refractivity contribution in [1.82, 2.24) is 0 Å². The van der Waals surface area contributed by atoms with Crippen molar-refractivity contribution in [2.24, 2.45) is 0 Å². The van der Waals surface area contributed by atoms with Crippen LogP contribution < -0.4 is 0 Å². The van der Waals surface area contributed by atoms with Gasteiger partial charge in [0, 0.05) is 19.4 Å². The molecule has 0 spiro atoms. The highest BCUT2D eigenvalue weighted by Gasteiger charge is 2.17. The Kier molecular flexibility index (Phi) is 48.6. The van der Waals surface area contributed by atoms with E-state index in [1.807, 2.05) is 0 Å². The lowest BCUT2D eigenvalue weighted by Crippen LogP contribution is -2.30. The van der Waals surface area contributed by atoms with E-state index < -0.39 is 6.10 Å². The van der Waals surface area contributed by atoms with Gasteiger partial charge in [-0.25, -0.2) is 0 Å². The fourth-order valence-electron chi connectivity index (χ4n) is 6.31. The predicted octanol–water partition coefficient (Wildman–Crippen LogP) is 17.0. The van der Waals surface area contributed by atoms with Gasteiger partial charge in [-0.2, -0.15) is 0 Å². The molecule has 0 aliphatic rings. The zero-order chi connectivity index (χ0) is 44.9. The van der Waals surface area contributed by atoms with Gasteiger partial charge in [-0.3, -0.25) is 9.59 Å². The van der Waals surface area contributed by atoms with Crippen LogP contribution in [-0.2, 0) is 23.8 Å². The summed E-state index contributed by atoms with van der Waals surface area (Å²) in [5.41, 5.74) is 0. The third kappa shape index (κ3) is 49.0. The zero-order valence-electron chi connectivity index (χ0n) is 40.1. The van der Waals surface area contributed by atoms with Gasteiger partial charge in [0.2, 0.25) is 0 Å². The summed E-state index contributed by atoms with van der Waals surface area (Å²) in [6.45, 7) is 7.35. The van der Waals surface area contributed by atoms with Gasteiger partial charge in [0.15, 0.2) is 6.10 Å². The molecule has 5 nitrogen and oxygen atoms in total. The highest BCUT2D eigenvalue weighted by molar-refractivity contribution is 5.70. The van der Waals surface area contributed by atoms with Gasteiger partial charge in [-0.15, -0.1) is 0 Å². The van der Waals surface area contributed by atoms with Gasteiger partial charge in [0.05, 0.1) is 6.61 Å². The smallest absolute Gasteiger partial charge is 0.306 e. The SMILES string of the molecule is CC/C=C\C/C=C\C/C=C\C/C=C\CCCCCCCCC(=O)OCC(COCCC/C=C\C/C=C\C/C=C\C/C=C\CC)OC(=O)CCCCCCC/C=C\C/C=C\CCC. The van der Waals surface area contributed by atoms with E-state index in [2.05, 4.69) is 142 Å². The molecular weight excluding hydrogens is 765 g/mol. The van der Waals surface area contributed by atoms with E-state index in [4.69, 9.17) is 14.2 Å². The van der Waals surface area contributed by atoms with Crippen LogP contribution in [0.4, 0.5) is 0 Å². The first-order valence-electron chi connectivity index (χ1n) is 25.1. The Balaban J connectivity index is 4.39. The van der Waals surface area contributed by atoms with E-state index in [1.54, 1.807) is 0 Å². The lowest BCUT2D eigenvalue weighted by atomic mass is 10.1. The predicted molar refractivity (Wildman–Crippen MR) is 269 cm³/mol. The monoisotopic (exact) mass is 857 g/mol. The topological polar surface area (TPSA) is 61.8 Å². The number of esters is 2. The molecule has 0 rings (SSSR count). The number of carbonyl (C=O) groups is 2. The molecular formula is C57H92O5. The number of unbranched alkanes of at least 4 members (excludes halogenated alkanes) is 13. The minimum absolute atomic E-state index is 0.0423. The van der Waals surface area contributed by atoms with E-state index in [9.17, 15) is 9.59 Å². The average Bonchev–Trinajstić information content (AvgIpc) is 3.27. The molecule has 0 amide bonds. The molecule has 0 N–H and O–H groups in total. The molecule has 5 heteroatoms. The number of hydrogen-bond acceptors (Lipinski definition) is 5. The van der Waals surface area contributed by atoms with Crippen molar-refractivity contribution in [3.05, 3.63) is 122 Å². The molecule has 350 valence electrons. The molecule has 0 bridgehead atoms. The van der Waals surface area contributed by atoms with Crippen LogP contribution >= 0.6 is 0 Å². The molecule has 0 heterocycles. The second-order valence-corrected chi connectivity index (χ2v) is 15.9. The molecule has 0 aromatic heterocycles. The van der Waals surface area contributed by atoms with E-state index in [0.717, 1.165) is 128 Å². The maximum atomic E-state index is 12.8. The third-order valence-electron chi connectivity index (χ3n) is 9.94. The van der Waals surface area contributed by atoms with Gasteiger partial charge in [-0.05, 0) is 116 Å². The van der Waals surface area contributed by atoms with Crippen LogP contribution in [0.3, 0.4) is 0 Å². The Morgan fingerprint density at radius 3 is 1.16 bits per heavy atom. The van der Waals surface area contributed by atoms with E-state index in [1.165, 1.54) is 38.5 Å². The van der Waals surface area contributed by atoms with Crippen molar-refractivity contribution in [3.63, 3.8) is 0 Å². The maximum Gasteiger partial charge on any atom is 0.306 e. The van der Waals surface area contributed by atoms with Gasteiger partial charge < -0.3 is 14.2 Å². The second kappa shape index (κ2) is 51.6. The van der Waals surface area contributed by atoms with Gasteiger partial charge in [0.25, 0.3) is 0 Å². The summed E-state index contributed by atoms with van der Waals surface area (Å²) in [6.07, 6.45) is 72.1. The fraction of sp³-hybridized carbons (Fsp3) is 0.614. The zero-order valence-corrected chi connectivity index (χ0v) is 40.1. The van der Waals surface area contributed by atoms with Crippen LogP contribution in [0.1, 0.15) is 201 Å². The minimum Gasteiger partial charge on any atom is -0.462 e. The molecule has 62 heavy (non-hydrogen) atoms. The lowest BCUT2D eigenvalue weighted by molar-refractivity contribution is -0.163. The standard InChI is InChI=1S/C57H92O5/c1-4-7-10-13-16-19-22-25-27-28-29-30-31-33-35-38-41-44-47-50-56(58)61-54-55(53-60-52-49-46-43-40-37-34-26-23-20-17-14-11-8-5-2)62-57(59)51-48-45-42-39-36-32-24-21-18-15-12-9-6-3/h7-8,10-12,15-17,19-21,24-27,29-30,34,40,43,55H,4-6,9,13-14,18,22-23,28,31-33,35-39,41-42,44-54H2,1-3H3/b10-7-,11-8-,15-12-,19-16-,20-17-,24-21-,27-25-,30-29-,34-26-,43-40-. The van der Waals surface area contributed by atoms with Crippen molar-refractivity contribution in [2.75, 3.05) is 19.8 Å². The lowest BCUT2D eigenvalue weighted by Gasteiger charge is -2.18. The summed E-state index contributed by atoms with van der Waals surface area (Å²) in [7, 11) is 0. The molecule has 1 unspecified atom stereocenters. The Bertz CT molecular complexity index is 1290. The van der Waals surface area contributed by atoms with Crippen molar-refractivity contribution < 1.29 is 23.8 Å².